The first-order valence-electron chi connectivity index (χ1n) is 3.16. The van der Waals surface area contributed by atoms with Crippen molar-refractivity contribution in [3.05, 3.63) is 0 Å². The summed E-state index contributed by atoms with van der Waals surface area (Å²) in [6, 6.07) is 0. The van der Waals surface area contributed by atoms with Crippen LogP contribution in [0, 0.1) is 0 Å². The van der Waals surface area contributed by atoms with Crippen LogP contribution in [0.25, 0.3) is 0 Å². The Morgan fingerprint density at radius 1 is 1.00 bits per heavy atom. The Morgan fingerprint density at radius 3 is 1.18 bits per heavy atom. The van der Waals surface area contributed by atoms with Gasteiger partial charge in [-0.05, 0) is 33.7 Å². The molecule has 0 atom stereocenters. The number of aliphatic hydroxyl groups excluding tert-OH is 1. The molecule has 0 saturated carbocycles. The molecule has 0 unspecified atom stereocenters. The van der Waals surface area contributed by atoms with Gasteiger partial charge in [-0.1, -0.05) is 0 Å². The van der Waals surface area contributed by atoms with E-state index in [1.54, 1.807) is 0 Å². The van der Waals surface area contributed by atoms with Crippen molar-refractivity contribution in [2.45, 2.75) is 0 Å². The first-order valence-corrected chi connectivity index (χ1v) is 7.59. The van der Waals surface area contributed by atoms with Crippen LogP contribution in [0.15, 0.2) is 0 Å². The van der Waals surface area contributed by atoms with E-state index in [9.17, 15) is 4.57 Å². The van der Waals surface area contributed by atoms with E-state index < -0.39 is 5.20 Å². The van der Waals surface area contributed by atoms with Crippen LogP contribution in [0.5, 0.6) is 0 Å². The molecule has 0 spiro atoms. The predicted molar refractivity (Wildman–Crippen MR) is 78.1 cm³/mol. The molecule has 0 aliphatic carbocycles. The maximum absolute atomic E-state index is 9.51. The van der Waals surface area contributed by atoms with Crippen LogP contribution in [0.1, 0.15) is 0 Å². The van der Waals surface area contributed by atoms with Crippen molar-refractivity contribution in [2.75, 3.05) is 34.3 Å². The molecule has 0 rings (SSSR count). The van der Waals surface area contributed by atoms with Crippen LogP contribution in [0.4, 0.5) is 0 Å². The van der Waals surface area contributed by atoms with Crippen LogP contribution in [0.3, 0.4) is 0 Å². The Labute approximate surface area is 146 Å². The van der Waals surface area contributed by atoms with Crippen molar-refractivity contribution in [1.29, 1.82) is 0 Å². The fraction of sp³-hybridized carbons (Fsp3) is 1.00. The number of halogens is 3. The van der Waals surface area contributed by atoms with Gasteiger partial charge in [-0.2, -0.15) is 0 Å². The second-order valence-electron chi connectivity index (χ2n) is 3.14. The molecule has 0 aliphatic rings. The predicted octanol–water partition coefficient (Wildman–Crippen LogP) is -1.72. The molecule has 0 aromatic carbocycles. The topological polar surface area (TPSA) is 163 Å². The van der Waals surface area contributed by atoms with Crippen molar-refractivity contribution in [1.82, 2.24) is 0 Å². The summed E-state index contributed by atoms with van der Waals surface area (Å²) in [6.07, 6.45) is 0. The molecule has 0 aromatic heterocycles. The molecule has 17 heavy (non-hydrogen) atoms. The summed E-state index contributed by atoms with van der Waals surface area (Å²) in [5.41, 5.74) is 0. The van der Waals surface area contributed by atoms with E-state index in [1.165, 1.54) is 0 Å². The molecule has 0 aromatic rings. The summed E-state index contributed by atoms with van der Waals surface area (Å²) in [7, 11) is 6.16. The van der Waals surface area contributed by atoms with Crippen molar-refractivity contribution < 1.29 is 36.1 Å². The molecule has 0 heterocycles. The van der Waals surface area contributed by atoms with Crippen LogP contribution in [-0.4, -0.2) is 104 Å². The average molecular weight is 372 g/mol. The van der Waals surface area contributed by atoms with Crippen molar-refractivity contribution >= 4 is 76.7 Å². The second kappa shape index (κ2) is 20.4. The second-order valence-corrected chi connectivity index (χ2v) is 9.78. The first kappa shape index (κ1) is 42.7. The molecule has 0 bridgehead atoms. The van der Waals surface area contributed by atoms with E-state index in [0.717, 1.165) is 11.0 Å². The molecule has 0 radical (unpaired) electrons. The van der Waals surface area contributed by atoms with Crippen LogP contribution in [0.2, 0.25) is 0 Å². The van der Waals surface area contributed by atoms with E-state index >= 15 is 0 Å². The Bertz CT molecular complexity index is 158. The summed E-state index contributed by atoms with van der Waals surface area (Å²) in [5.74, 6) is 0. The molecular formula is C5H24CaCl3NO6P+. The Balaban J connectivity index is -0.0000000187. The molecular weight excluding hydrogens is 347 g/mol. The molecule has 9 N–H and O–H groups in total. The molecule has 0 aliphatic heterocycles. The van der Waals surface area contributed by atoms with Gasteiger partial charge in [0.2, 0.25) is 0 Å². The summed E-state index contributed by atoms with van der Waals surface area (Å²) >= 11 is 13.8. The third-order valence-corrected chi connectivity index (χ3v) is 0.771. The minimum atomic E-state index is -3.22. The summed E-state index contributed by atoms with van der Waals surface area (Å²) in [4.78, 5) is 0. The summed E-state index contributed by atoms with van der Waals surface area (Å²) in [6.45, 7) is 1.11. The van der Waals surface area contributed by atoms with Crippen molar-refractivity contribution in [3.63, 3.8) is 0 Å². The quantitative estimate of drug-likeness (QED) is 0.347. The Kier molecular flexibility index (Phi) is 51.4. The van der Waals surface area contributed by atoms with Gasteiger partial charge >= 0.3 is 42.9 Å². The van der Waals surface area contributed by atoms with Crippen molar-refractivity contribution in [3.8, 4) is 0 Å². The zero-order valence-corrected chi connectivity index (χ0v) is 12.5. The van der Waals surface area contributed by atoms with E-state index in [0.29, 0.717) is 0 Å². The fourth-order valence-corrected chi connectivity index (χ4v) is 0.300. The van der Waals surface area contributed by atoms with Crippen LogP contribution in [-0.2, 0) is 4.57 Å². The number of hydrogen-bond acceptors (Lipinski definition) is 2. The average Bonchev–Trinajstić information content (AvgIpc) is 1.54. The molecule has 12 heteroatoms. The van der Waals surface area contributed by atoms with Gasteiger partial charge in [0.05, 0.1) is 27.7 Å². The fourth-order valence-electron chi connectivity index (χ4n) is 0.300. The van der Waals surface area contributed by atoms with Crippen LogP contribution >= 0.6 is 38.9 Å². The number of quaternary nitrogens is 1. The third kappa shape index (κ3) is 126. The maximum atomic E-state index is 9.51. The summed E-state index contributed by atoms with van der Waals surface area (Å²) < 4.78 is 10.4. The first-order chi connectivity index (χ1) is 5.06. The van der Waals surface area contributed by atoms with E-state index in [4.69, 9.17) is 5.11 Å². The number of nitrogens with zero attached hydrogens (tertiary/aromatic N) is 1. The summed E-state index contributed by atoms with van der Waals surface area (Å²) in [5, 5.41) is 5.16. The van der Waals surface area contributed by atoms with Gasteiger partial charge in [-0.3, -0.25) is 4.57 Å². The van der Waals surface area contributed by atoms with Gasteiger partial charge in [0.1, 0.15) is 6.54 Å². The monoisotopic (exact) mass is 370 g/mol. The van der Waals surface area contributed by atoms with Gasteiger partial charge in [0.25, 0.3) is 0 Å². The van der Waals surface area contributed by atoms with Gasteiger partial charge in [-0.25, -0.2) is 0 Å². The molecule has 7 nitrogen and oxygen atoms in total. The van der Waals surface area contributed by atoms with E-state index in [-0.39, 0.29) is 66.2 Å². The zero-order valence-electron chi connectivity index (χ0n) is 9.30. The SMILES string of the molecule is C[N+](C)(C)CCO.O.O.O.O.O=P(Cl)(Cl)Cl.[CaH2]. The standard InChI is InChI=1S/C5H14NO.Ca.Cl3OP.4H2O.2H/c1-6(2,3)4-5-7;;1-5(2,3)4;;;;;;/h7H,4-5H2,1-3H3;;;4*1H2;;/q+1;;;;;;;;. The molecule has 0 saturated heterocycles. The number of likely N-dealkylation sites (N-methyl/N-ethyl adjacent to an activating group) is 1. The molecule has 112 valence electrons. The number of hydrogen-bond donors (Lipinski definition) is 1. The molecule has 0 fully saturated rings. The Morgan fingerprint density at radius 2 is 1.18 bits per heavy atom. The normalized spacial score (nSPS) is 8.41. The van der Waals surface area contributed by atoms with Gasteiger partial charge in [-0.15, -0.1) is 0 Å². The van der Waals surface area contributed by atoms with Crippen molar-refractivity contribution in [2.24, 2.45) is 0 Å². The van der Waals surface area contributed by atoms with Crippen LogP contribution < -0.4 is 0 Å². The number of aliphatic hydroxyl groups is 1. The van der Waals surface area contributed by atoms with Gasteiger partial charge in [0, 0.05) is 0 Å². The minimum absolute atomic E-state index is 0. The van der Waals surface area contributed by atoms with Gasteiger partial charge < -0.3 is 31.5 Å². The number of rotatable bonds is 2. The Hall–Kier alpha value is 2.12. The van der Waals surface area contributed by atoms with E-state index in [2.05, 4.69) is 54.9 Å². The van der Waals surface area contributed by atoms with Gasteiger partial charge in [0.15, 0.2) is 0 Å². The molecule has 0 amide bonds. The zero-order chi connectivity index (χ0) is 10.4. The third-order valence-electron chi connectivity index (χ3n) is 0.771. The van der Waals surface area contributed by atoms with E-state index in [1.807, 2.05) is 0 Å².